The van der Waals surface area contributed by atoms with Gasteiger partial charge in [0.25, 0.3) is 5.91 Å². The Balaban J connectivity index is 1.68. The molecule has 1 aliphatic rings. The highest BCUT2D eigenvalue weighted by Crippen LogP contribution is 2.23. The largest absolute Gasteiger partial charge is 0.481 e. The van der Waals surface area contributed by atoms with Gasteiger partial charge in [0.1, 0.15) is 0 Å². The van der Waals surface area contributed by atoms with Crippen molar-refractivity contribution in [2.45, 2.75) is 19.8 Å². The predicted octanol–water partition coefficient (Wildman–Crippen LogP) is 2.06. The number of aliphatic carboxylic acids is 1. The number of amides is 1. The second kappa shape index (κ2) is 6.79. The van der Waals surface area contributed by atoms with Gasteiger partial charge in [0.05, 0.1) is 22.8 Å². The summed E-state index contributed by atoms with van der Waals surface area (Å²) in [5, 5.41) is 18.5. The smallest absolute Gasteiger partial charge is 0.308 e. The average molecular weight is 365 g/mol. The van der Waals surface area contributed by atoms with Gasteiger partial charge in [-0.3, -0.25) is 14.6 Å². The normalized spacial score (nSPS) is 17.2. The molecule has 1 aliphatic heterocycles. The lowest BCUT2D eigenvalue weighted by atomic mass is 9.98. The van der Waals surface area contributed by atoms with Crippen molar-refractivity contribution in [3.05, 3.63) is 47.9 Å². The molecule has 1 N–H and O–H groups in total. The quantitative estimate of drug-likeness (QED) is 0.762. The Morgan fingerprint density at radius 1 is 1.22 bits per heavy atom. The van der Waals surface area contributed by atoms with Crippen molar-refractivity contribution < 1.29 is 14.7 Å². The maximum absolute atomic E-state index is 12.9. The molecule has 3 aromatic rings. The molecular weight excluding hydrogens is 346 g/mol. The first-order valence-corrected chi connectivity index (χ1v) is 8.85. The van der Waals surface area contributed by atoms with Gasteiger partial charge < -0.3 is 10.0 Å². The van der Waals surface area contributed by atoms with Gasteiger partial charge in [-0.1, -0.05) is 23.4 Å². The molecule has 1 amide bonds. The molecule has 1 atom stereocenters. The summed E-state index contributed by atoms with van der Waals surface area (Å²) >= 11 is 0. The number of benzene rings is 1. The van der Waals surface area contributed by atoms with Crippen molar-refractivity contribution in [1.29, 1.82) is 0 Å². The van der Waals surface area contributed by atoms with E-state index in [0.717, 1.165) is 16.6 Å². The molecular formula is C19H19N5O3. The third-order valence-electron chi connectivity index (χ3n) is 4.99. The lowest BCUT2D eigenvalue weighted by molar-refractivity contribution is -0.143. The highest BCUT2D eigenvalue weighted by molar-refractivity contribution is 5.94. The number of pyridine rings is 1. The number of para-hydroxylation sites is 1. The minimum atomic E-state index is -0.866. The molecule has 1 fully saturated rings. The number of rotatable bonds is 3. The van der Waals surface area contributed by atoms with E-state index in [4.69, 9.17) is 0 Å². The standard InChI is InChI=1S/C19H19N5O3/c1-12-16(18(25)23-10-4-7-14(11-23)19(26)27)21-22-24(12)15-8-2-5-13-6-3-9-20-17(13)15/h2-3,5-6,8-9,14H,4,7,10-11H2,1H3,(H,26,27). The number of carbonyl (C=O) groups is 2. The summed E-state index contributed by atoms with van der Waals surface area (Å²) < 4.78 is 1.61. The molecule has 0 radical (unpaired) electrons. The van der Waals surface area contributed by atoms with E-state index in [1.165, 1.54) is 0 Å². The Hall–Kier alpha value is -3.29. The van der Waals surface area contributed by atoms with Crippen molar-refractivity contribution in [3.63, 3.8) is 0 Å². The van der Waals surface area contributed by atoms with E-state index in [1.807, 2.05) is 30.3 Å². The maximum atomic E-state index is 12.9. The van der Waals surface area contributed by atoms with Crippen LogP contribution >= 0.6 is 0 Å². The fourth-order valence-corrected chi connectivity index (χ4v) is 3.53. The summed E-state index contributed by atoms with van der Waals surface area (Å²) in [6, 6.07) is 9.58. The Bertz CT molecular complexity index is 1020. The van der Waals surface area contributed by atoms with Gasteiger partial charge in [0.2, 0.25) is 0 Å². The number of piperidine rings is 1. The van der Waals surface area contributed by atoms with Gasteiger partial charge in [-0.25, -0.2) is 4.68 Å². The van der Waals surface area contributed by atoms with E-state index < -0.39 is 11.9 Å². The maximum Gasteiger partial charge on any atom is 0.308 e. The van der Waals surface area contributed by atoms with Gasteiger partial charge >= 0.3 is 5.97 Å². The topological polar surface area (TPSA) is 101 Å². The van der Waals surface area contributed by atoms with Crippen LogP contribution in [0.25, 0.3) is 16.6 Å². The number of aromatic nitrogens is 4. The molecule has 8 nitrogen and oxygen atoms in total. The molecule has 3 heterocycles. The first-order chi connectivity index (χ1) is 13.1. The Kier molecular flexibility index (Phi) is 4.31. The molecule has 27 heavy (non-hydrogen) atoms. The SMILES string of the molecule is Cc1c(C(=O)N2CCCC(C(=O)O)C2)nnn1-c1cccc2cccnc12. The minimum Gasteiger partial charge on any atom is -0.481 e. The van der Waals surface area contributed by atoms with Gasteiger partial charge in [-0.05, 0) is 31.9 Å². The van der Waals surface area contributed by atoms with E-state index in [-0.39, 0.29) is 18.1 Å². The number of hydrogen-bond donors (Lipinski definition) is 1. The summed E-state index contributed by atoms with van der Waals surface area (Å²) in [7, 11) is 0. The van der Waals surface area contributed by atoms with Crippen LogP contribution in [0.1, 0.15) is 29.0 Å². The lowest BCUT2D eigenvalue weighted by Gasteiger charge is -2.30. The van der Waals surface area contributed by atoms with Crippen molar-refractivity contribution in [2.75, 3.05) is 13.1 Å². The number of hydrogen-bond acceptors (Lipinski definition) is 5. The number of likely N-dealkylation sites (tertiary alicyclic amines) is 1. The van der Waals surface area contributed by atoms with Crippen molar-refractivity contribution in [1.82, 2.24) is 24.9 Å². The molecule has 0 saturated carbocycles. The summed E-state index contributed by atoms with van der Waals surface area (Å²) in [5.74, 6) is -1.67. The van der Waals surface area contributed by atoms with E-state index >= 15 is 0 Å². The van der Waals surface area contributed by atoms with E-state index in [0.29, 0.717) is 25.1 Å². The van der Waals surface area contributed by atoms with Crippen LogP contribution in [-0.2, 0) is 4.79 Å². The van der Waals surface area contributed by atoms with Gasteiger partial charge in [0, 0.05) is 24.7 Å². The lowest BCUT2D eigenvalue weighted by Crippen LogP contribution is -2.42. The van der Waals surface area contributed by atoms with Crippen molar-refractivity contribution in [2.24, 2.45) is 5.92 Å². The Morgan fingerprint density at radius 3 is 2.85 bits per heavy atom. The molecule has 1 saturated heterocycles. The predicted molar refractivity (Wildman–Crippen MR) is 97.7 cm³/mol. The van der Waals surface area contributed by atoms with Crippen LogP contribution in [0.4, 0.5) is 0 Å². The Morgan fingerprint density at radius 2 is 2.04 bits per heavy atom. The van der Waals surface area contributed by atoms with Crippen LogP contribution in [0.2, 0.25) is 0 Å². The summed E-state index contributed by atoms with van der Waals surface area (Å²) in [4.78, 5) is 30.1. The zero-order valence-electron chi connectivity index (χ0n) is 14.9. The molecule has 138 valence electrons. The molecule has 0 bridgehead atoms. The van der Waals surface area contributed by atoms with Gasteiger partial charge in [-0.15, -0.1) is 5.10 Å². The zero-order chi connectivity index (χ0) is 19.0. The number of fused-ring (bicyclic) bond motifs is 1. The van der Waals surface area contributed by atoms with E-state index in [2.05, 4.69) is 15.3 Å². The summed E-state index contributed by atoms with van der Waals surface area (Å²) in [6.45, 7) is 2.52. The van der Waals surface area contributed by atoms with Crippen molar-refractivity contribution >= 4 is 22.8 Å². The highest BCUT2D eigenvalue weighted by Gasteiger charge is 2.31. The Labute approximate surface area is 155 Å². The van der Waals surface area contributed by atoms with Gasteiger partial charge in [0.15, 0.2) is 5.69 Å². The van der Waals surface area contributed by atoms with Crippen molar-refractivity contribution in [3.8, 4) is 5.69 Å². The fraction of sp³-hybridized carbons (Fsp3) is 0.316. The molecule has 8 heteroatoms. The third kappa shape index (κ3) is 3.03. The third-order valence-corrected chi connectivity index (χ3v) is 4.99. The van der Waals surface area contributed by atoms with Crippen LogP contribution < -0.4 is 0 Å². The number of carboxylic acid groups (broad SMARTS) is 1. The monoisotopic (exact) mass is 365 g/mol. The van der Waals surface area contributed by atoms with Gasteiger partial charge in [-0.2, -0.15) is 0 Å². The van der Waals surface area contributed by atoms with Crippen LogP contribution in [0.3, 0.4) is 0 Å². The summed E-state index contributed by atoms with van der Waals surface area (Å²) in [5.41, 5.74) is 2.37. The highest BCUT2D eigenvalue weighted by atomic mass is 16.4. The molecule has 2 aromatic heterocycles. The van der Waals surface area contributed by atoms with Crippen LogP contribution in [0, 0.1) is 12.8 Å². The van der Waals surface area contributed by atoms with E-state index in [9.17, 15) is 14.7 Å². The first-order valence-electron chi connectivity index (χ1n) is 8.85. The van der Waals surface area contributed by atoms with E-state index in [1.54, 1.807) is 22.7 Å². The second-order valence-corrected chi connectivity index (χ2v) is 6.72. The van der Waals surface area contributed by atoms with Crippen LogP contribution in [0.15, 0.2) is 36.5 Å². The van der Waals surface area contributed by atoms with Crippen LogP contribution in [-0.4, -0.2) is 55.0 Å². The van der Waals surface area contributed by atoms with Crippen LogP contribution in [0.5, 0.6) is 0 Å². The summed E-state index contributed by atoms with van der Waals surface area (Å²) in [6.07, 6.45) is 2.97. The average Bonchev–Trinajstić information content (AvgIpc) is 3.08. The molecule has 0 aliphatic carbocycles. The first kappa shape index (κ1) is 17.1. The molecule has 4 rings (SSSR count). The fourth-order valence-electron chi connectivity index (χ4n) is 3.53. The zero-order valence-corrected chi connectivity index (χ0v) is 14.9. The number of carbonyl (C=O) groups excluding carboxylic acids is 1. The number of nitrogens with zero attached hydrogens (tertiary/aromatic N) is 5. The molecule has 1 aromatic carbocycles. The number of carboxylic acids is 1. The minimum absolute atomic E-state index is 0.205. The molecule has 0 spiro atoms. The molecule has 1 unspecified atom stereocenters. The second-order valence-electron chi connectivity index (χ2n) is 6.72.